The molecule has 1 heterocycles. The van der Waals surface area contributed by atoms with Gasteiger partial charge in [-0.15, -0.1) is 0 Å². The molecule has 1 aromatic heterocycles. The first-order valence-corrected chi connectivity index (χ1v) is 5.94. The average Bonchev–Trinajstić information content (AvgIpc) is 2.72. The fourth-order valence-electron chi connectivity index (χ4n) is 1.08. The third-order valence-corrected chi connectivity index (χ3v) is 3.64. The Balaban J connectivity index is 2.40. The summed E-state index contributed by atoms with van der Waals surface area (Å²) in [7, 11) is 0. The molecule has 0 saturated heterocycles. The van der Waals surface area contributed by atoms with Gasteiger partial charge in [0.15, 0.2) is 0 Å². The lowest BCUT2D eigenvalue weighted by Gasteiger charge is -2.15. The van der Waals surface area contributed by atoms with E-state index in [1.807, 2.05) is 23.9 Å². The van der Waals surface area contributed by atoms with Gasteiger partial charge in [-0.1, -0.05) is 13.8 Å². The third kappa shape index (κ3) is 3.36. The van der Waals surface area contributed by atoms with Gasteiger partial charge in [0.1, 0.15) is 5.76 Å². The summed E-state index contributed by atoms with van der Waals surface area (Å²) in [4.78, 5) is 0. The lowest BCUT2D eigenvalue weighted by atomic mass is 10.3. The van der Waals surface area contributed by atoms with Gasteiger partial charge in [-0.3, -0.25) is 5.84 Å². The zero-order valence-electron chi connectivity index (χ0n) is 8.69. The van der Waals surface area contributed by atoms with Crippen LogP contribution in [0.4, 0.5) is 0 Å². The van der Waals surface area contributed by atoms with Crippen LogP contribution in [-0.4, -0.2) is 11.0 Å². The van der Waals surface area contributed by atoms with Crippen LogP contribution in [0, 0.1) is 0 Å². The molecule has 80 valence electrons. The molecule has 0 amide bonds. The number of nitrogens with one attached hydrogen (secondary N) is 1. The van der Waals surface area contributed by atoms with Crippen molar-refractivity contribution in [2.45, 2.75) is 31.6 Å². The molecule has 0 aliphatic heterocycles. The highest BCUT2D eigenvalue weighted by Crippen LogP contribution is 2.22. The summed E-state index contributed by atoms with van der Waals surface area (Å²) in [5.41, 5.74) is 2.77. The van der Waals surface area contributed by atoms with Gasteiger partial charge in [0.05, 0.1) is 12.3 Å². The first-order chi connectivity index (χ1) is 6.77. The molecule has 2 unspecified atom stereocenters. The molecule has 4 heteroatoms. The lowest BCUT2D eigenvalue weighted by Crippen LogP contribution is -2.29. The van der Waals surface area contributed by atoms with Gasteiger partial charge in [0, 0.05) is 11.0 Å². The monoisotopic (exact) mass is 214 g/mol. The predicted molar refractivity (Wildman–Crippen MR) is 61.0 cm³/mol. The van der Waals surface area contributed by atoms with Gasteiger partial charge in [-0.05, 0) is 18.6 Å². The van der Waals surface area contributed by atoms with E-state index in [0.717, 1.165) is 11.5 Å². The highest BCUT2D eigenvalue weighted by Gasteiger charge is 2.13. The Kier molecular flexibility index (Phi) is 5.07. The quantitative estimate of drug-likeness (QED) is 0.563. The van der Waals surface area contributed by atoms with Crippen molar-refractivity contribution in [3.63, 3.8) is 0 Å². The molecule has 14 heavy (non-hydrogen) atoms. The van der Waals surface area contributed by atoms with Crippen LogP contribution in [-0.2, 0) is 0 Å². The van der Waals surface area contributed by atoms with E-state index in [4.69, 9.17) is 10.3 Å². The normalized spacial score (nSPS) is 15.4. The molecular formula is C10H18N2OS. The van der Waals surface area contributed by atoms with E-state index in [9.17, 15) is 0 Å². The van der Waals surface area contributed by atoms with E-state index in [-0.39, 0.29) is 6.04 Å². The van der Waals surface area contributed by atoms with Crippen molar-refractivity contribution in [3.05, 3.63) is 24.2 Å². The number of hydrogen-bond acceptors (Lipinski definition) is 4. The first-order valence-electron chi connectivity index (χ1n) is 4.89. The number of furan rings is 1. The van der Waals surface area contributed by atoms with E-state index >= 15 is 0 Å². The van der Waals surface area contributed by atoms with Gasteiger partial charge >= 0.3 is 0 Å². The van der Waals surface area contributed by atoms with E-state index in [2.05, 4.69) is 19.3 Å². The molecule has 1 aromatic rings. The van der Waals surface area contributed by atoms with Crippen LogP contribution in [0.1, 0.15) is 32.1 Å². The standard InChI is InChI=1S/C10H18N2OS/c1-3-8(2)14-7-9(12-11)10-5-4-6-13-10/h4-6,8-9,12H,3,7,11H2,1-2H3. The maximum Gasteiger partial charge on any atom is 0.122 e. The van der Waals surface area contributed by atoms with Gasteiger partial charge in [-0.25, -0.2) is 5.43 Å². The van der Waals surface area contributed by atoms with Crippen molar-refractivity contribution in [2.75, 3.05) is 5.75 Å². The van der Waals surface area contributed by atoms with E-state index in [1.54, 1.807) is 6.26 Å². The van der Waals surface area contributed by atoms with Crippen LogP contribution in [0.25, 0.3) is 0 Å². The van der Waals surface area contributed by atoms with Crippen molar-refractivity contribution in [1.82, 2.24) is 5.43 Å². The number of hydrazine groups is 1. The van der Waals surface area contributed by atoms with Crippen molar-refractivity contribution in [1.29, 1.82) is 0 Å². The second kappa shape index (κ2) is 6.11. The summed E-state index contributed by atoms with van der Waals surface area (Å²) in [5, 5.41) is 0.667. The van der Waals surface area contributed by atoms with Crippen molar-refractivity contribution in [3.8, 4) is 0 Å². The summed E-state index contributed by atoms with van der Waals surface area (Å²) < 4.78 is 5.30. The summed E-state index contributed by atoms with van der Waals surface area (Å²) in [6.45, 7) is 4.41. The van der Waals surface area contributed by atoms with Gasteiger partial charge in [0.2, 0.25) is 0 Å². The molecule has 2 atom stereocenters. The molecule has 0 fully saturated rings. The minimum Gasteiger partial charge on any atom is -0.468 e. The lowest BCUT2D eigenvalue weighted by molar-refractivity contribution is 0.440. The maximum atomic E-state index is 5.47. The smallest absolute Gasteiger partial charge is 0.122 e. The van der Waals surface area contributed by atoms with Gasteiger partial charge in [0.25, 0.3) is 0 Å². The van der Waals surface area contributed by atoms with E-state index in [1.165, 1.54) is 6.42 Å². The van der Waals surface area contributed by atoms with Gasteiger partial charge < -0.3 is 4.42 Å². The summed E-state index contributed by atoms with van der Waals surface area (Å²) in [6.07, 6.45) is 2.85. The maximum absolute atomic E-state index is 5.47. The van der Waals surface area contributed by atoms with Crippen LogP contribution >= 0.6 is 11.8 Å². The first kappa shape index (κ1) is 11.6. The molecule has 0 aliphatic rings. The summed E-state index contributed by atoms with van der Waals surface area (Å²) in [5.74, 6) is 7.32. The summed E-state index contributed by atoms with van der Waals surface area (Å²) in [6, 6.07) is 3.94. The Bertz CT molecular complexity index is 238. The Labute approximate surface area is 89.4 Å². The number of hydrogen-bond donors (Lipinski definition) is 2. The second-order valence-corrected chi connectivity index (χ2v) is 4.76. The molecule has 3 N–H and O–H groups in total. The van der Waals surface area contributed by atoms with Crippen molar-refractivity contribution >= 4 is 11.8 Å². The highest BCUT2D eigenvalue weighted by molar-refractivity contribution is 7.99. The van der Waals surface area contributed by atoms with Gasteiger partial charge in [-0.2, -0.15) is 11.8 Å². The SMILES string of the molecule is CCC(C)SCC(NN)c1ccco1. The minimum absolute atomic E-state index is 0.115. The molecule has 1 rings (SSSR count). The van der Waals surface area contributed by atoms with E-state index < -0.39 is 0 Å². The third-order valence-electron chi connectivity index (χ3n) is 2.21. The molecule has 3 nitrogen and oxygen atoms in total. The molecule has 0 aliphatic carbocycles. The molecule has 0 spiro atoms. The number of thioether (sulfide) groups is 1. The molecule has 0 saturated carbocycles. The van der Waals surface area contributed by atoms with Crippen LogP contribution in [0.15, 0.2) is 22.8 Å². The average molecular weight is 214 g/mol. The fraction of sp³-hybridized carbons (Fsp3) is 0.600. The van der Waals surface area contributed by atoms with Crippen LogP contribution in [0.2, 0.25) is 0 Å². The van der Waals surface area contributed by atoms with Crippen molar-refractivity contribution < 1.29 is 4.42 Å². The van der Waals surface area contributed by atoms with Crippen molar-refractivity contribution in [2.24, 2.45) is 5.84 Å². The molecule has 0 aromatic carbocycles. The Morgan fingerprint density at radius 3 is 2.93 bits per heavy atom. The van der Waals surface area contributed by atoms with Crippen LogP contribution < -0.4 is 11.3 Å². The Hall–Kier alpha value is -0.450. The topological polar surface area (TPSA) is 51.2 Å². The minimum atomic E-state index is 0.115. The number of rotatable bonds is 6. The Morgan fingerprint density at radius 1 is 1.64 bits per heavy atom. The zero-order valence-corrected chi connectivity index (χ0v) is 9.51. The highest BCUT2D eigenvalue weighted by atomic mass is 32.2. The fourth-order valence-corrected chi connectivity index (χ4v) is 2.10. The Morgan fingerprint density at radius 2 is 2.43 bits per heavy atom. The molecule has 0 bridgehead atoms. The molecular weight excluding hydrogens is 196 g/mol. The molecule has 0 radical (unpaired) electrons. The predicted octanol–water partition coefficient (Wildman–Crippen LogP) is 2.32. The van der Waals surface area contributed by atoms with Crippen LogP contribution in [0.5, 0.6) is 0 Å². The van der Waals surface area contributed by atoms with E-state index in [0.29, 0.717) is 5.25 Å². The number of nitrogens with two attached hydrogens (primary N) is 1. The second-order valence-electron chi connectivity index (χ2n) is 3.29. The van der Waals surface area contributed by atoms with Crippen LogP contribution in [0.3, 0.4) is 0 Å². The summed E-state index contributed by atoms with van der Waals surface area (Å²) >= 11 is 1.90. The zero-order chi connectivity index (χ0) is 10.4. The largest absolute Gasteiger partial charge is 0.468 e.